The average molecular weight is 183 g/mol. The van der Waals surface area contributed by atoms with Crippen molar-refractivity contribution in [3.63, 3.8) is 0 Å². The zero-order chi connectivity index (χ0) is 9.68. The van der Waals surface area contributed by atoms with E-state index in [2.05, 4.69) is 15.6 Å². The van der Waals surface area contributed by atoms with E-state index in [1.807, 2.05) is 13.8 Å². The number of hydrogen-bond acceptors (Lipinski definition) is 3. The summed E-state index contributed by atoms with van der Waals surface area (Å²) in [5.41, 5.74) is 0. The molecule has 1 aliphatic rings. The molecule has 0 spiro atoms. The Hall–Kier alpha value is -1.06. The minimum absolute atomic E-state index is 0.103. The van der Waals surface area contributed by atoms with Crippen LogP contribution >= 0.6 is 0 Å². The van der Waals surface area contributed by atoms with E-state index in [1.54, 1.807) is 0 Å². The Morgan fingerprint density at radius 1 is 1.69 bits per heavy atom. The quantitative estimate of drug-likeness (QED) is 0.658. The van der Waals surface area contributed by atoms with E-state index in [9.17, 15) is 4.79 Å². The molecule has 0 saturated heterocycles. The third-order valence-electron chi connectivity index (χ3n) is 1.78. The Morgan fingerprint density at radius 2 is 2.46 bits per heavy atom. The summed E-state index contributed by atoms with van der Waals surface area (Å²) >= 11 is 0. The van der Waals surface area contributed by atoms with E-state index in [4.69, 9.17) is 0 Å². The molecule has 0 aromatic heterocycles. The fourth-order valence-corrected chi connectivity index (χ4v) is 1.24. The first-order chi connectivity index (χ1) is 6.18. The van der Waals surface area contributed by atoms with Crippen molar-refractivity contribution in [3.05, 3.63) is 0 Å². The summed E-state index contributed by atoms with van der Waals surface area (Å²) < 4.78 is 0. The van der Waals surface area contributed by atoms with Crippen LogP contribution in [0.25, 0.3) is 0 Å². The van der Waals surface area contributed by atoms with Gasteiger partial charge in [0.25, 0.3) is 0 Å². The normalized spacial score (nSPS) is 15.5. The number of amidine groups is 1. The Bertz CT molecular complexity index is 211. The van der Waals surface area contributed by atoms with Gasteiger partial charge in [-0.1, -0.05) is 0 Å². The number of nitrogens with one attached hydrogen (secondary N) is 2. The summed E-state index contributed by atoms with van der Waals surface area (Å²) in [4.78, 5) is 15.4. The molecule has 13 heavy (non-hydrogen) atoms. The van der Waals surface area contributed by atoms with Crippen LogP contribution in [0.3, 0.4) is 0 Å². The van der Waals surface area contributed by atoms with Crippen LogP contribution < -0.4 is 10.6 Å². The largest absolute Gasteiger partial charge is 0.372 e. The van der Waals surface area contributed by atoms with Crippen LogP contribution in [0.2, 0.25) is 0 Å². The summed E-state index contributed by atoms with van der Waals surface area (Å²) in [6.07, 6.45) is 1.27. The molecule has 0 fully saturated rings. The van der Waals surface area contributed by atoms with Crippen molar-refractivity contribution in [2.75, 3.05) is 13.1 Å². The molecule has 1 amide bonds. The van der Waals surface area contributed by atoms with Gasteiger partial charge in [0, 0.05) is 25.4 Å². The molecular formula is C9H17N3O. The Balaban J connectivity index is 2.14. The van der Waals surface area contributed by atoms with Crippen molar-refractivity contribution in [3.8, 4) is 0 Å². The standard InChI is InChI=1S/C9H17N3O/c1-7(2)12-9(13)4-3-8-10-5-6-11-8/h7H,3-6H2,1-2H3,(H,10,11)(H,12,13). The lowest BCUT2D eigenvalue weighted by Crippen LogP contribution is -2.31. The maximum absolute atomic E-state index is 11.2. The summed E-state index contributed by atoms with van der Waals surface area (Å²) in [7, 11) is 0. The van der Waals surface area contributed by atoms with Gasteiger partial charge in [0.05, 0.1) is 12.4 Å². The third-order valence-corrected chi connectivity index (χ3v) is 1.78. The summed E-state index contributed by atoms with van der Waals surface area (Å²) in [5.74, 6) is 1.07. The number of aliphatic imine (C=N–C) groups is 1. The van der Waals surface area contributed by atoms with Crippen LogP contribution in [-0.2, 0) is 4.79 Å². The van der Waals surface area contributed by atoms with Crippen molar-refractivity contribution < 1.29 is 4.79 Å². The molecule has 2 N–H and O–H groups in total. The topological polar surface area (TPSA) is 53.5 Å². The first-order valence-electron chi connectivity index (χ1n) is 4.75. The monoisotopic (exact) mass is 183 g/mol. The minimum Gasteiger partial charge on any atom is -0.372 e. The van der Waals surface area contributed by atoms with Crippen molar-refractivity contribution >= 4 is 11.7 Å². The molecule has 0 aromatic rings. The van der Waals surface area contributed by atoms with Crippen molar-refractivity contribution in [1.29, 1.82) is 0 Å². The summed E-state index contributed by atoms with van der Waals surface area (Å²) in [6, 6.07) is 0.228. The van der Waals surface area contributed by atoms with Gasteiger partial charge in [0.2, 0.25) is 5.91 Å². The molecule has 0 saturated carbocycles. The highest BCUT2D eigenvalue weighted by molar-refractivity contribution is 5.88. The third kappa shape index (κ3) is 3.92. The molecule has 0 unspecified atom stereocenters. The maximum Gasteiger partial charge on any atom is 0.220 e. The first-order valence-corrected chi connectivity index (χ1v) is 4.75. The number of nitrogens with zero attached hydrogens (tertiary/aromatic N) is 1. The molecule has 1 heterocycles. The predicted molar refractivity (Wildman–Crippen MR) is 52.8 cm³/mol. The van der Waals surface area contributed by atoms with Crippen LogP contribution in [-0.4, -0.2) is 30.9 Å². The van der Waals surface area contributed by atoms with Gasteiger partial charge >= 0.3 is 0 Å². The maximum atomic E-state index is 11.2. The summed E-state index contributed by atoms with van der Waals surface area (Å²) in [5, 5.41) is 5.98. The molecule has 74 valence electrons. The van der Waals surface area contributed by atoms with Gasteiger partial charge in [-0.05, 0) is 13.8 Å². The Morgan fingerprint density at radius 3 is 3.00 bits per heavy atom. The Kier molecular flexibility index (Phi) is 3.73. The van der Waals surface area contributed by atoms with Crippen molar-refractivity contribution in [2.24, 2.45) is 4.99 Å². The van der Waals surface area contributed by atoms with Crippen molar-refractivity contribution in [1.82, 2.24) is 10.6 Å². The molecular weight excluding hydrogens is 166 g/mol. The summed E-state index contributed by atoms with van der Waals surface area (Å²) in [6.45, 7) is 5.69. The van der Waals surface area contributed by atoms with E-state index in [0.717, 1.165) is 25.3 Å². The second-order valence-electron chi connectivity index (χ2n) is 3.48. The fourth-order valence-electron chi connectivity index (χ4n) is 1.24. The molecule has 0 bridgehead atoms. The van der Waals surface area contributed by atoms with Crippen LogP contribution in [0.1, 0.15) is 26.7 Å². The molecule has 1 rings (SSSR count). The highest BCUT2D eigenvalue weighted by Crippen LogP contribution is 1.96. The number of hydrogen-bond donors (Lipinski definition) is 2. The van der Waals surface area contributed by atoms with E-state index >= 15 is 0 Å². The lowest BCUT2D eigenvalue weighted by molar-refractivity contribution is -0.121. The Labute approximate surface area is 78.8 Å². The predicted octanol–water partition coefficient (Wildman–Crippen LogP) is 0.293. The van der Waals surface area contributed by atoms with Gasteiger partial charge in [0.15, 0.2) is 0 Å². The van der Waals surface area contributed by atoms with Gasteiger partial charge in [-0.15, -0.1) is 0 Å². The zero-order valence-corrected chi connectivity index (χ0v) is 8.26. The number of carbonyl (C=O) groups is 1. The molecule has 0 radical (unpaired) electrons. The van der Waals surface area contributed by atoms with E-state index in [-0.39, 0.29) is 11.9 Å². The highest BCUT2D eigenvalue weighted by Gasteiger charge is 2.08. The molecule has 0 atom stereocenters. The molecule has 0 aromatic carbocycles. The van der Waals surface area contributed by atoms with Crippen LogP contribution in [0.15, 0.2) is 4.99 Å². The number of carbonyl (C=O) groups excluding carboxylic acids is 1. The van der Waals surface area contributed by atoms with Crippen LogP contribution in [0.4, 0.5) is 0 Å². The molecule has 0 aliphatic carbocycles. The smallest absolute Gasteiger partial charge is 0.220 e. The molecule has 4 heteroatoms. The van der Waals surface area contributed by atoms with Gasteiger partial charge < -0.3 is 10.6 Å². The van der Waals surface area contributed by atoms with Gasteiger partial charge in [-0.2, -0.15) is 0 Å². The fraction of sp³-hybridized carbons (Fsp3) is 0.778. The van der Waals surface area contributed by atoms with Gasteiger partial charge in [-0.3, -0.25) is 9.79 Å². The van der Waals surface area contributed by atoms with Gasteiger partial charge in [0.1, 0.15) is 0 Å². The van der Waals surface area contributed by atoms with Crippen molar-refractivity contribution in [2.45, 2.75) is 32.7 Å². The van der Waals surface area contributed by atoms with E-state index in [0.29, 0.717) is 6.42 Å². The number of amides is 1. The lowest BCUT2D eigenvalue weighted by Gasteiger charge is -2.07. The lowest BCUT2D eigenvalue weighted by atomic mass is 10.2. The first kappa shape index (κ1) is 10.0. The van der Waals surface area contributed by atoms with Gasteiger partial charge in [-0.25, -0.2) is 0 Å². The van der Waals surface area contributed by atoms with E-state index < -0.39 is 0 Å². The number of rotatable bonds is 4. The van der Waals surface area contributed by atoms with E-state index in [1.165, 1.54) is 0 Å². The second-order valence-corrected chi connectivity index (χ2v) is 3.48. The minimum atomic E-state index is 0.103. The highest BCUT2D eigenvalue weighted by atomic mass is 16.1. The van der Waals surface area contributed by atoms with Crippen LogP contribution in [0.5, 0.6) is 0 Å². The van der Waals surface area contributed by atoms with Crippen LogP contribution in [0, 0.1) is 0 Å². The molecule has 4 nitrogen and oxygen atoms in total. The SMILES string of the molecule is CC(C)NC(=O)CCC1=NCCN1. The average Bonchev–Trinajstić information content (AvgIpc) is 2.51. The molecule has 1 aliphatic heterocycles. The second kappa shape index (κ2) is 4.84. The zero-order valence-electron chi connectivity index (χ0n) is 8.26.